The van der Waals surface area contributed by atoms with Gasteiger partial charge in [-0.3, -0.25) is 4.90 Å². The topological polar surface area (TPSA) is 26.7 Å². The number of rotatable bonds is 4. The summed E-state index contributed by atoms with van der Waals surface area (Å²) in [6.07, 6.45) is 1.66. The summed E-state index contributed by atoms with van der Waals surface area (Å²) in [5, 5.41) is 9.85. The minimum atomic E-state index is -0.329. The van der Waals surface area contributed by atoms with Crippen molar-refractivity contribution in [1.29, 1.82) is 0 Å². The Hall–Kier alpha value is -1.06. The molecule has 1 unspecified atom stereocenters. The van der Waals surface area contributed by atoms with E-state index in [-0.39, 0.29) is 6.10 Å². The molecule has 1 aromatic carbocycles. The molecule has 0 aliphatic carbocycles. The Kier molecular flexibility index (Phi) is 5.44. The molecule has 0 radical (unpaired) electrons. The lowest BCUT2D eigenvalue weighted by Gasteiger charge is -2.26. The van der Waals surface area contributed by atoms with E-state index in [2.05, 4.69) is 47.9 Å². The molecule has 1 saturated heterocycles. The smallest absolute Gasteiger partial charge is 0.0787 e. The maximum atomic E-state index is 9.85. The molecule has 2 rings (SSSR count). The number of aliphatic hydroxyl groups excluding tert-OH is 1. The third-order valence-corrected chi connectivity index (χ3v) is 4.29. The quantitative estimate of drug-likeness (QED) is 0.915. The van der Waals surface area contributed by atoms with E-state index in [1.807, 2.05) is 6.92 Å². The van der Waals surface area contributed by atoms with E-state index in [9.17, 15) is 5.11 Å². The highest BCUT2D eigenvalue weighted by atomic mass is 16.3. The Balaban J connectivity index is 2.01. The number of anilines is 1. The van der Waals surface area contributed by atoms with E-state index in [4.69, 9.17) is 0 Å². The summed E-state index contributed by atoms with van der Waals surface area (Å²) in [7, 11) is 0. The highest BCUT2D eigenvalue weighted by Gasteiger charge is 2.17. The normalized spacial score (nSPS) is 19.1. The molecule has 1 heterocycles. The molecule has 3 heteroatoms. The van der Waals surface area contributed by atoms with Crippen LogP contribution in [0.4, 0.5) is 5.69 Å². The summed E-state index contributed by atoms with van der Waals surface area (Å²) < 4.78 is 0. The fourth-order valence-electron chi connectivity index (χ4n) is 2.86. The standard InChI is InChI=1S/C17H28N2O/c1-4-17(20)15-6-8-16(9-7-15)19-11-5-10-18(12-13-19)14(2)3/h6-9,14,17,20H,4-5,10-13H2,1-3H3. The van der Waals surface area contributed by atoms with Gasteiger partial charge in [-0.1, -0.05) is 19.1 Å². The number of hydrogen-bond acceptors (Lipinski definition) is 3. The minimum absolute atomic E-state index is 0.329. The van der Waals surface area contributed by atoms with Crippen molar-refractivity contribution < 1.29 is 5.11 Å². The van der Waals surface area contributed by atoms with Crippen molar-refractivity contribution in [2.24, 2.45) is 0 Å². The van der Waals surface area contributed by atoms with E-state index in [1.165, 1.54) is 18.7 Å². The first-order chi connectivity index (χ1) is 9.61. The van der Waals surface area contributed by atoms with Crippen LogP contribution in [0.25, 0.3) is 0 Å². The van der Waals surface area contributed by atoms with Crippen LogP contribution in [0.1, 0.15) is 45.3 Å². The third-order valence-electron chi connectivity index (χ3n) is 4.29. The Morgan fingerprint density at radius 3 is 2.35 bits per heavy atom. The first-order valence-corrected chi connectivity index (χ1v) is 7.89. The first kappa shape index (κ1) is 15.3. The van der Waals surface area contributed by atoms with E-state index < -0.39 is 0 Å². The van der Waals surface area contributed by atoms with Gasteiger partial charge in [0.05, 0.1) is 6.10 Å². The molecule has 0 bridgehead atoms. The summed E-state index contributed by atoms with van der Waals surface area (Å²) in [6.45, 7) is 11.1. The maximum absolute atomic E-state index is 9.85. The van der Waals surface area contributed by atoms with Gasteiger partial charge in [0.1, 0.15) is 0 Å². The highest BCUT2D eigenvalue weighted by Crippen LogP contribution is 2.22. The van der Waals surface area contributed by atoms with Gasteiger partial charge in [-0.05, 0) is 44.4 Å². The third kappa shape index (κ3) is 3.74. The predicted molar refractivity (Wildman–Crippen MR) is 85.2 cm³/mol. The highest BCUT2D eigenvalue weighted by molar-refractivity contribution is 5.48. The monoisotopic (exact) mass is 276 g/mol. The molecule has 20 heavy (non-hydrogen) atoms. The predicted octanol–water partition coefficient (Wildman–Crippen LogP) is 3.05. The Labute approximate surface area is 123 Å². The summed E-state index contributed by atoms with van der Waals surface area (Å²) in [5.41, 5.74) is 2.30. The van der Waals surface area contributed by atoms with E-state index in [0.717, 1.165) is 31.6 Å². The van der Waals surface area contributed by atoms with Crippen molar-refractivity contribution in [3.05, 3.63) is 29.8 Å². The number of aliphatic hydroxyl groups is 1. The largest absolute Gasteiger partial charge is 0.388 e. The molecule has 1 aliphatic rings. The molecule has 1 aromatic rings. The Morgan fingerprint density at radius 2 is 1.75 bits per heavy atom. The zero-order valence-corrected chi connectivity index (χ0v) is 13.0. The van der Waals surface area contributed by atoms with Crippen LogP contribution in [-0.4, -0.2) is 42.2 Å². The Bertz CT molecular complexity index is 402. The molecule has 0 spiro atoms. The second kappa shape index (κ2) is 7.09. The number of hydrogen-bond donors (Lipinski definition) is 1. The maximum Gasteiger partial charge on any atom is 0.0787 e. The van der Waals surface area contributed by atoms with Gasteiger partial charge in [0.2, 0.25) is 0 Å². The van der Waals surface area contributed by atoms with Crippen molar-refractivity contribution >= 4 is 5.69 Å². The lowest BCUT2D eigenvalue weighted by Crippen LogP contribution is -2.35. The first-order valence-electron chi connectivity index (χ1n) is 7.89. The van der Waals surface area contributed by atoms with Gasteiger partial charge >= 0.3 is 0 Å². The molecule has 0 saturated carbocycles. The van der Waals surface area contributed by atoms with Crippen LogP contribution in [0.15, 0.2) is 24.3 Å². The Morgan fingerprint density at radius 1 is 1.05 bits per heavy atom. The van der Waals surface area contributed by atoms with Gasteiger partial charge in [-0.15, -0.1) is 0 Å². The van der Waals surface area contributed by atoms with Crippen molar-refractivity contribution in [3.63, 3.8) is 0 Å². The van der Waals surface area contributed by atoms with Crippen molar-refractivity contribution in [2.75, 3.05) is 31.1 Å². The summed E-state index contributed by atoms with van der Waals surface area (Å²) in [4.78, 5) is 5.01. The van der Waals surface area contributed by atoms with Crippen LogP contribution in [0.2, 0.25) is 0 Å². The van der Waals surface area contributed by atoms with Gasteiger partial charge in [0, 0.05) is 37.9 Å². The van der Waals surface area contributed by atoms with Gasteiger partial charge in [-0.2, -0.15) is 0 Å². The van der Waals surface area contributed by atoms with Gasteiger partial charge in [0.15, 0.2) is 0 Å². The second-order valence-corrected chi connectivity index (χ2v) is 5.99. The average molecular weight is 276 g/mol. The summed E-state index contributed by atoms with van der Waals surface area (Å²) in [6, 6.07) is 9.07. The SMILES string of the molecule is CCC(O)c1ccc(N2CCCN(C(C)C)CC2)cc1. The molecule has 1 N–H and O–H groups in total. The van der Waals surface area contributed by atoms with Crippen LogP contribution >= 0.6 is 0 Å². The molecule has 0 amide bonds. The fourth-order valence-corrected chi connectivity index (χ4v) is 2.86. The van der Waals surface area contributed by atoms with Crippen LogP contribution < -0.4 is 4.90 Å². The number of nitrogens with zero attached hydrogens (tertiary/aromatic N) is 2. The van der Waals surface area contributed by atoms with Gasteiger partial charge in [-0.25, -0.2) is 0 Å². The molecule has 0 aromatic heterocycles. The van der Waals surface area contributed by atoms with Crippen LogP contribution in [0, 0.1) is 0 Å². The lowest BCUT2D eigenvalue weighted by molar-refractivity contribution is 0.173. The van der Waals surface area contributed by atoms with Crippen molar-refractivity contribution in [3.8, 4) is 0 Å². The minimum Gasteiger partial charge on any atom is -0.388 e. The lowest BCUT2D eigenvalue weighted by atomic mass is 10.1. The summed E-state index contributed by atoms with van der Waals surface area (Å²) in [5.74, 6) is 0. The van der Waals surface area contributed by atoms with Crippen molar-refractivity contribution in [1.82, 2.24) is 4.90 Å². The number of benzene rings is 1. The molecule has 1 aliphatic heterocycles. The molecular weight excluding hydrogens is 248 g/mol. The second-order valence-electron chi connectivity index (χ2n) is 5.99. The summed E-state index contributed by atoms with van der Waals surface area (Å²) >= 11 is 0. The molecule has 1 fully saturated rings. The molecule has 1 atom stereocenters. The zero-order chi connectivity index (χ0) is 14.5. The van der Waals surface area contributed by atoms with Crippen LogP contribution in [0.5, 0.6) is 0 Å². The van der Waals surface area contributed by atoms with Crippen LogP contribution in [0.3, 0.4) is 0 Å². The van der Waals surface area contributed by atoms with E-state index in [0.29, 0.717) is 6.04 Å². The van der Waals surface area contributed by atoms with Gasteiger partial charge < -0.3 is 10.0 Å². The molecule has 112 valence electrons. The molecule has 3 nitrogen and oxygen atoms in total. The average Bonchev–Trinajstić information content (AvgIpc) is 2.72. The molecular formula is C17H28N2O. The zero-order valence-electron chi connectivity index (χ0n) is 13.0. The van der Waals surface area contributed by atoms with Crippen LogP contribution in [-0.2, 0) is 0 Å². The van der Waals surface area contributed by atoms with E-state index in [1.54, 1.807) is 0 Å². The van der Waals surface area contributed by atoms with Gasteiger partial charge in [0.25, 0.3) is 0 Å². The van der Waals surface area contributed by atoms with Crippen molar-refractivity contribution in [2.45, 2.75) is 45.8 Å². The van der Waals surface area contributed by atoms with E-state index >= 15 is 0 Å². The fraction of sp³-hybridized carbons (Fsp3) is 0.647.